The Bertz CT molecular complexity index is 1240. The zero-order chi connectivity index (χ0) is 23.3. The fourth-order valence-corrected chi connectivity index (χ4v) is 2.77. The molecule has 3 rings (SSSR count). The minimum Gasteiger partial charge on any atom is -0.478 e. The van der Waals surface area contributed by atoms with E-state index in [1.807, 2.05) is 0 Å². The van der Waals surface area contributed by atoms with Crippen molar-refractivity contribution >= 4 is 29.8 Å². The first-order valence-corrected chi connectivity index (χ1v) is 9.02. The molecule has 0 atom stereocenters. The molecule has 32 heavy (non-hydrogen) atoms. The number of hydrogen-bond donors (Lipinski definition) is 2. The summed E-state index contributed by atoms with van der Waals surface area (Å²) in [5.41, 5.74) is -1.52. The Morgan fingerprint density at radius 1 is 0.500 bits per heavy atom. The van der Waals surface area contributed by atoms with Crippen molar-refractivity contribution in [1.82, 2.24) is 0 Å². The number of esters is 3. The molecule has 0 fully saturated rings. The van der Waals surface area contributed by atoms with Crippen LogP contribution in [-0.2, 0) is 4.74 Å². The highest BCUT2D eigenvalue weighted by Crippen LogP contribution is 2.22. The van der Waals surface area contributed by atoms with Crippen molar-refractivity contribution in [2.45, 2.75) is 0 Å². The third-order valence-corrected chi connectivity index (χ3v) is 4.25. The molecular weight excluding hydrogens is 420 g/mol. The lowest BCUT2D eigenvalue weighted by atomic mass is 10.1. The van der Waals surface area contributed by atoms with Crippen LogP contribution in [0.15, 0.2) is 72.8 Å². The monoisotopic (exact) mass is 434 g/mol. The predicted molar refractivity (Wildman–Crippen MR) is 108 cm³/mol. The summed E-state index contributed by atoms with van der Waals surface area (Å²) in [6, 6.07) is 15.9. The molecule has 2 N–H and O–H groups in total. The largest absolute Gasteiger partial charge is 0.478 e. The van der Waals surface area contributed by atoms with Crippen LogP contribution in [0.2, 0.25) is 0 Å². The van der Waals surface area contributed by atoms with Crippen LogP contribution in [0.4, 0.5) is 0 Å². The average molecular weight is 434 g/mol. The standard InChI is InChI=1S/C23H14O9/c24-19(25)13-7-1-3-9-15(13)21(28)31-18-12-6-5-11-17(18)23(30)32-22(29)16-10-4-2-8-14(16)20(26)27/h1-12H,(H,24,25)(H,26,27). The van der Waals surface area contributed by atoms with E-state index in [0.717, 1.165) is 0 Å². The summed E-state index contributed by atoms with van der Waals surface area (Å²) in [5, 5.41) is 18.4. The van der Waals surface area contributed by atoms with E-state index in [1.54, 1.807) is 0 Å². The van der Waals surface area contributed by atoms with Crippen molar-refractivity contribution in [3.63, 3.8) is 0 Å². The fourth-order valence-electron chi connectivity index (χ4n) is 2.77. The molecule has 0 heterocycles. The number of carboxylic acids is 2. The number of para-hydroxylation sites is 1. The summed E-state index contributed by atoms with van der Waals surface area (Å²) in [6.07, 6.45) is 0. The van der Waals surface area contributed by atoms with Gasteiger partial charge in [0.1, 0.15) is 11.3 Å². The van der Waals surface area contributed by atoms with Gasteiger partial charge in [-0.3, -0.25) is 0 Å². The van der Waals surface area contributed by atoms with Gasteiger partial charge in [0, 0.05) is 0 Å². The van der Waals surface area contributed by atoms with Crippen LogP contribution in [0.5, 0.6) is 5.75 Å². The van der Waals surface area contributed by atoms with Gasteiger partial charge in [0.15, 0.2) is 0 Å². The fraction of sp³-hybridized carbons (Fsp3) is 0. The van der Waals surface area contributed by atoms with Gasteiger partial charge >= 0.3 is 29.8 Å². The maximum absolute atomic E-state index is 12.5. The lowest BCUT2D eigenvalue weighted by molar-refractivity contribution is 0.0389. The highest BCUT2D eigenvalue weighted by molar-refractivity contribution is 6.09. The van der Waals surface area contributed by atoms with Crippen LogP contribution in [0, 0.1) is 0 Å². The van der Waals surface area contributed by atoms with Crippen molar-refractivity contribution in [3.05, 3.63) is 101 Å². The smallest absolute Gasteiger partial charge is 0.349 e. The summed E-state index contributed by atoms with van der Waals surface area (Å²) < 4.78 is 9.96. The lowest BCUT2D eigenvalue weighted by Gasteiger charge is -2.11. The second-order valence-electron chi connectivity index (χ2n) is 6.26. The Hall–Kier alpha value is -4.79. The molecule has 0 saturated heterocycles. The molecule has 0 aliphatic rings. The second kappa shape index (κ2) is 9.35. The number of ether oxygens (including phenoxy) is 2. The first kappa shape index (κ1) is 21.9. The maximum Gasteiger partial charge on any atom is 0.349 e. The molecule has 0 unspecified atom stereocenters. The molecule has 0 aliphatic heterocycles. The van der Waals surface area contributed by atoms with E-state index < -0.39 is 29.8 Å². The molecule has 0 radical (unpaired) electrons. The number of benzene rings is 3. The minimum atomic E-state index is -1.38. The van der Waals surface area contributed by atoms with E-state index in [9.17, 15) is 34.2 Å². The minimum absolute atomic E-state index is 0.241. The quantitative estimate of drug-likeness (QED) is 0.339. The Labute approximate surface area is 180 Å². The maximum atomic E-state index is 12.5. The molecule has 3 aromatic carbocycles. The third kappa shape index (κ3) is 4.68. The van der Waals surface area contributed by atoms with Crippen molar-refractivity contribution in [2.75, 3.05) is 0 Å². The zero-order valence-corrected chi connectivity index (χ0v) is 16.2. The summed E-state index contributed by atoms with van der Waals surface area (Å²) in [6.45, 7) is 0. The first-order chi connectivity index (χ1) is 15.3. The van der Waals surface area contributed by atoms with Gasteiger partial charge in [-0.25, -0.2) is 24.0 Å². The number of rotatable bonds is 6. The Morgan fingerprint density at radius 2 is 0.875 bits per heavy atom. The van der Waals surface area contributed by atoms with Gasteiger partial charge in [-0.1, -0.05) is 36.4 Å². The highest BCUT2D eigenvalue weighted by Gasteiger charge is 2.24. The molecule has 160 valence electrons. The van der Waals surface area contributed by atoms with Gasteiger partial charge in [-0.05, 0) is 36.4 Å². The Morgan fingerprint density at radius 3 is 1.38 bits per heavy atom. The number of aromatic carboxylic acids is 2. The van der Waals surface area contributed by atoms with Crippen LogP contribution in [-0.4, -0.2) is 40.1 Å². The average Bonchev–Trinajstić information content (AvgIpc) is 2.79. The van der Waals surface area contributed by atoms with Crippen molar-refractivity contribution in [1.29, 1.82) is 0 Å². The molecule has 0 aromatic heterocycles. The lowest BCUT2D eigenvalue weighted by Crippen LogP contribution is -2.18. The van der Waals surface area contributed by atoms with Gasteiger partial charge in [0.05, 0.1) is 22.3 Å². The predicted octanol–water partition coefficient (Wildman–Crippen LogP) is 3.30. The Balaban J connectivity index is 1.85. The normalized spacial score (nSPS) is 10.1. The molecule has 3 aromatic rings. The van der Waals surface area contributed by atoms with Gasteiger partial charge in [0.2, 0.25) is 0 Å². The molecule has 0 amide bonds. The molecule has 0 aliphatic carbocycles. The number of hydrogen-bond acceptors (Lipinski definition) is 7. The number of carbonyl (C=O) groups is 5. The highest BCUT2D eigenvalue weighted by atomic mass is 16.6. The summed E-state index contributed by atoms with van der Waals surface area (Å²) in [7, 11) is 0. The van der Waals surface area contributed by atoms with Crippen molar-refractivity contribution in [3.8, 4) is 5.75 Å². The van der Waals surface area contributed by atoms with E-state index in [1.165, 1.54) is 72.8 Å². The van der Waals surface area contributed by atoms with Gasteiger partial charge < -0.3 is 19.7 Å². The van der Waals surface area contributed by atoms with Crippen LogP contribution in [0.3, 0.4) is 0 Å². The number of carboxylic acid groups (broad SMARTS) is 2. The SMILES string of the molecule is O=C(OC(=O)c1ccccc1C(=O)O)c1ccccc1OC(=O)c1ccccc1C(=O)O. The summed E-state index contributed by atoms with van der Waals surface area (Å²) in [5.74, 6) is -6.42. The van der Waals surface area contributed by atoms with Crippen LogP contribution in [0.25, 0.3) is 0 Å². The molecule has 0 spiro atoms. The van der Waals surface area contributed by atoms with Gasteiger partial charge in [0.25, 0.3) is 0 Å². The molecule has 0 bridgehead atoms. The van der Waals surface area contributed by atoms with E-state index in [2.05, 4.69) is 0 Å². The molecule has 9 nitrogen and oxygen atoms in total. The Kier molecular flexibility index (Phi) is 6.40. The van der Waals surface area contributed by atoms with Crippen molar-refractivity contribution in [2.24, 2.45) is 0 Å². The van der Waals surface area contributed by atoms with E-state index in [0.29, 0.717) is 0 Å². The van der Waals surface area contributed by atoms with Crippen LogP contribution >= 0.6 is 0 Å². The van der Waals surface area contributed by atoms with Crippen LogP contribution < -0.4 is 4.74 Å². The van der Waals surface area contributed by atoms with E-state index in [4.69, 9.17) is 9.47 Å². The van der Waals surface area contributed by atoms with E-state index in [-0.39, 0.29) is 33.6 Å². The summed E-state index contributed by atoms with van der Waals surface area (Å²) >= 11 is 0. The third-order valence-electron chi connectivity index (χ3n) is 4.25. The summed E-state index contributed by atoms with van der Waals surface area (Å²) in [4.78, 5) is 60.0. The zero-order valence-electron chi connectivity index (χ0n) is 16.2. The van der Waals surface area contributed by atoms with Crippen molar-refractivity contribution < 1.29 is 43.7 Å². The molecular formula is C23H14O9. The van der Waals surface area contributed by atoms with E-state index >= 15 is 0 Å². The van der Waals surface area contributed by atoms with Gasteiger partial charge in [-0.15, -0.1) is 0 Å². The topological polar surface area (TPSA) is 144 Å². The van der Waals surface area contributed by atoms with Crippen LogP contribution in [0.1, 0.15) is 51.8 Å². The second-order valence-corrected chi connectivity index (χ2v) is 6.26. The van der Waals surface area contributed by atoms with Gasteiger partial charge in [-0.2, -0.15) is 0 Å². The molecule has 0 saturated carbocycles. The number of carbonyl (C=O) groups excluding carboxylic acids is 3. The molecule has 9 heteroatoms. The first-order valence-electron chi connectivity index (χ1n) is 9.02.